The van der Waals surface area contributed by atoms with Crippen LogP contribution in [0.2, 0.25) is 0 Å². The molecule has 0 spiro atoms. The molecule has 2 aromatic rings. The molecule has 1 fully saturated rings. The summed E-state index contributed by atoms with van der Waals surface area (Å²) in [4.78, 5) is 11.8. The number of carbonyl (C=O) groups is 1. The maximum atomic E-state index is 12.7. The first-order valence-electron chi connectivity index (χ1n) is 7.85. The average Bonchev–Trinajstić information content (AvgIpc) is 3.09. The highest BCUT2D eigenvalue weighted by molar-refractivity contribution is 7.89. The fraction of sp³-hybridized carbons (Fsp3) is 0.278. The van der Waals surface area contributed by atoms with Gasteiger partial charge in [-0.3, -0.25) is 0 Å². The molecule has 6 heteroatoms. The van der Waals surface area contributed by atoms with Crippen LogP contribution in [0.4, 0.5) is 0 Å². The number of hydrogen-bond donors (Lipinski definition) is 1. The van der Waals surface area contributed by atoms with Gasteiger partial charge < -0.3 is 5.11 Å². The molecule has 1 aliphatic rings. The number of aryl methyl sites for hydroxylation is 1. The minimum absolute atomic E-state index is 0.202. The van der Waals surface area contributed by atoms with Crippen LogP contribution >= 0.6 is 0 Å². The molecule has 0 unspecified atom stereocenters. The van der Waals surface area contributed by atoms with Crippen LogP contribution in [0.25, 0.3) is 11.1 Å². The largest absolute Gasteiger partial charge is 0.478 e. The second-order valence-electron chi connectivity index (χ2n) is 5.94. The van der Waals surface area contributed by atoms with Crippen molar-refractivity contribution in [3.8, 4) is 11.1 Å². The Hall–Kier alpha value is -2.18. The lowest BCUT2D eigenvalue weighted by Crippen LogP contribution is -2.27. The van der Waals surface area contributed by atoms with E-state index in [0.717, 1.165) is 12.8 Å². The predicted molar refractivity (Wildman–Crippen MR) is 91.6 cm³/mol. The zero-order valence-corrected chi connectivity index (χ0v) is 14.2. The summed E-state index contributed by atoms with van der Waals surface area (Å²) < 4.78 is 26.9. The van der Waals surface area contributed by atoms with E-state index in [1.165, 1.54) is 4.31 Å². The molecule has 0 aromatic heterocycles. The molecule has 1 aliphatic heterocycles. The first-order chi connectivity index (χ1) is 11.4. The standard InChI is InChI=1S/C18H19NO4S/c1-13-6-4-9-16(17(13)18(20)21)14-7-5-8-15(12-14)24(22,23)19-10-2-3-11-19/h4-9,12H,2-3,10-11H2,1H3,(H,20,21). The third-order valence-electron chi connectivity index (χ3n) is 4.33. The molecule has 0 amide bonds. The summed E-state index contributed by atoms with van der Waals surface area (Å²) in [6, 6.07) is 11.7. The Labute approximate surface area is 141 Å². The number of carboxylic acid groups (broad SMARTS) is 1. The van der Waals surface area contributed by atoms with Crippen molar-refractivity contribution in [1.82, 2.24) is 4.31 Å². The fourth-order valence-corrected chi connectivity index (χ4v) is 4.66. The smallest absolute Gasteiger partial charge is 0.336 e. The fourth-order valence-electron chi connectivity index (χ4n) is 3.09. The summed E-state index contributed by atoms with van der Waals surface area (Å²) in [7, 11) is -3.53. The summed E-state index contributed by atoms with van der Waals surface area (Å²) in [5.74, 6) is -1.02. The van der Waals surface area contributed by atoms with Crippen molar-refractivity contribution in [2.24, 2.45) is 0 Å². The lowest BCUT2D eigenvalue weighted by atomic mass is 9.96. The number of benzene rings is 2. The van der Waals surface area contributed by atoms with Gasteiger partial charge in [-0.2, -0.15) is 4.31 Å². The molecule has 5 nitrogen and oxygen atoms in total. The van der Waals surface area contributed by atoms with Gasteiger partial charge >= 0.3 is 5.97 Å². The van der Waals surface area contributed by atoms with Crippen molar-refractivity contribution in [2.75, 3.05) is 13.1 Å². The Bertz CT molecular complexity index is 884. The van der Waals surface area contributed by atoms with Gasteiger partial charge in [-0.1, -0.05) is 30.3 Å². The molecule has 0 aliphatic carbocycles. The summed E-state index contributed by atoms with van der Waals surface area (Å²) in [6.07, 6.45) is 1.75. The lowest BCUT2D eigenvalue weighted by Gasteiger charge is -2.16. The van der Waals surface area contributed by atoms with Crippen molar-refractivity contribution < 1.29 is 18.3 Å². The van der Waals surface area contributed by atoms with Crippen LogP contribution in [0.1, 0.15) is 28.8 Å². The van der Waals surface area contributed by atoms with E-state index in [-0.39, 0.29) is 10.5 Å². The molecule has 0 bridgehead atoms. The number of sulfonamides is 1. The quantitative estimate of drug-likeness (QED) is 0.924. The SMILES string of the molecule is Cc1cccc(-c2cccc(S(=O)(=O)N3CCCC3)c2)c1C(=O)O. The molecular weight excluding hydrogens is 326 g/mol. The molecule has 24 heavy (non-hydrogen) atoms. The van der Waals surface area contributed by atoms with Gasteiger partial charge in [0.1, 0.15) is 0 Å². The van der Waals surface area contributed by atoms with E-state index in [2.05, 4.69) is 0 Å². The minimum Gasteiger partial charge on any atom is -0.478 e. The molecule has 1 saturated heterocycles. The zero-order valence-electron chi connectivity index (χ0n) is 13.4. The van der Waals surface area contributed by atoms with Crippen molar-refractivity contribution in [2.45, 2.75) is 24.7 Å². The minimum atomic E-state index is -3.53. The highest BCUT2D eigenvalue weighted by atomic mass is 32.2. The maximum absolute atomic E-state index is 12.7. The number of hydrogen-bond acceptors (Lipinski definition) is 3. The number of rotatable bonds is 4. The highest BCUT2D eigenvalue weighted by Gasteiger charge is 2.27. The van der Waals surface area contributed by atoms with Crippen LogP contribution in [-0.2, 0) is 10.0 Å². The van der Waals surface area contributed by atoms with E-state index in [1.54, 1.807) is 49.4 Å². The van der Waals surface area contributed by atoms with Gasteiger partial charge in [-0.15, -0.1) is 0 Å². The van der Waals surface area contributed by atoms with E-state index in [9.17, 15) is 18.3 Å². The van der Waals surface area contributed by atoms with E-state index < -0.39 is 16.0 Å². The molecule has 1 heterocycles. The second-order valence-corrected chi connectivity index (χ2v) is 7.88. The van der Waals surface area contributed by atoms with Gasteiger partial charge in [-0.05, 0) is 48.6 Å². The molecule has 0 saturated carbocycles. The normalized spacial score (nSPS) is 15.5. The number of carboxylic acids is 1. The van der Waals surface area contributed by atoms with Gasteiger partial charge in [0.2, 0.25) is 10.0 Å². The summed E-state index contributed by atoms with van der Waals surface area (Å²) in [5.41, 5.74) is 1.97. The Kier molecular flexibility index (Phi) is 4.43. The van der Waals surface area contributed by atoms with Crippen LogP contribution in [0, 0.1) is 6.92 Å². The highest BCUT2D eigenvalue weighted by Crippen LogP contribution is 2.29. The van der Waals surface area contributed by atoms with E-state index in [4.69, 9.17) is 0 Å². The molecule has 1 N–H and O–H groups in total. The van der Waals surface area contributed by atoms with Crippen LogP contribution in [0.3, 0.4) is 0 Å². The molecular formula is C18H19NO4S. The molecule has 0 radical (unpaired) electrons. The molecule has 126 valence electrons. The van der Waals surface area contributed by atoms with Gasteiger partial charge in [0.05, 0.1) is 10.5 Å². The predicted octanol–water partition coefficient (Wildman–Crippen LogP) is 3.14. The Morgan fingerprint density at radius 3 is 2.42 bits per heavy atom. The first-order valence-corrected chi connectivity index (χ1v) is 9.29. The van der Waals surface area contributed by atoms with Gasteiger partial charge in [0.25, 0.3) is 0 Å². The maximum Gasteiger partial charge on any atom is 0.336 e. The van der Waals surface area contributed by atoms with Crippen LogP contribution in [0.15, 0.2) is 47.4 Å². The zero-order chi connectivity index (χ0) is 17.3. The second kappa shape index (κ2) is 6.37. The monoisotopic (exact) mass is 345 g/mol. The van der Waals surface area contributed by atoms with Crippen LogP contribution < -0.4 is 0 Å². The molecule has 3 rings (SSSR count). The third kappa shape index (κ3) is 2.95. The van der Waals surface area contributed by atoms with Crippen molar-refractivity contribution in [3.05, 3.63) is 53.6 Å². The topological polar surface area (TPSA) is 74.7 Å². The average molecular weight is 345 g/mol. The third-order valence-corrected chi connectivity index (χ3v) is 6.23. The van der Waals surface area contributed by atoms with Gasteiger partial charge in [0, 0.05) is 13.1 Å². The Morgan fingerprint density at radius 1 is 1.08 bits per heavy atom. The van der Waals surface area contributed by atoms with E-state index >= 15 is 0 Å². The van der Waals surface area contributed by atoms with Gasteiger partial charge in [0.15, 0.2) is 0 Å². The van der Waals surface area contributed by atoms with Gasteiger partial charge in [-0.25, -0.2) is 13.2 Å². The van der Waals surface area contributed by atoms with Crippen LogP contribution in [-0.4, -0.2) is 36.9 Å². The number of aromatic carboxylic acids is 1. The number of nitrogens with zero attached hydrogens (tertiary/aromatic N) is 1. The summed E-state index contributed by atoms with van der Waals surface area (Å²) >= 11 is 0. The van der Waals surface area contributed by atoms with Crippen molar-refractivity contribution >= 4 is 16.0 Å². The molecule has 0 atom stereocenters. The van der Waals surface area contributed by atoms with Crippen molar-refractivity contribution in [1.29, 1.82) is 0 Å². The summed E-state index contributed by atoms with van der Waals surface area (Å²) in [6.45, 7) is 2.81. The Morgan fingerprint density at radius 2 is 1.75 bits per heavy atom. The lowest BCUT2D eigenvalue weighted by molar-refractivity contribution is 0.0697. The molecule has 2 aromatic carbocycles. The first kappa shape index (κ1) is 16.7. The summed E-state index contributed by atoms with van der Waals surface area (Å²) in [5, 5.41) is 9.48. The Balaban J connectivity index is 2.10. The van der Waals surface area contributed by atoms with Crippen LogP contribution in [0.5, 0.6) is 0 Å². The van der Waals surface area contributed by atoms with E-state index in [1.807, 2.05) is 0 Å². The van der Waals surface area contributed by atoms with E-state index in [0.29, 0.717) is 29.8 Å². The van der Waals surface area contributed by atoms with Crippen molar-refractivity contribution in [3.63, 3.8) is 0 Å².